The third kappa shape index (κ3) is 2.27. The van der Waals surface area contributed by atoms with Gasteiger partial charge in [0.15, 0.2) is 0 Å². The average molecular weight is 209 g/mol. The maximum absolute atomic E-state index is 11.8. The first kappa shape index (κ1) is 11.5. The summed E-state index contributed by atoms with van der Waals surface area (Å²) >= 11 is 0. The van der Waals surface area contributed by atoms with Crippen LogP contribution in [-0.4, -0.2) is 48.3 Å². The molecule has 1 aliphatic heterocycles. The second-order valence-electron chi connectivity index (χ2n) is 4.28. The Bertz CT molecular complexity index is 330. The predicted octanol–water partition coefficient (Wildman–Crippen LogP) is -0.163. The van der Waals surface area contributed by atoms with Crippen LogP contribution in [0.1, 0.15) is 13.8 Å². The first-order valence-corrected chi connectivity index (χ1v) is 4.83. The van der Waals surface area contributed by atoms with E-state index in [1.54, 1.807) is 25.8 Å². The lowest BCUT2D eigenvalue weighted by molar-refractivity contribution is -0.147. The minimum absolute atomic E-state index is 0.0802. The van der Waals surface area contributed by atoms with E-state index in [1.807, 2.05) is 6.07 Å². The van der Waals surface area contributed by atoms with Gasteiger partial charge < -0.3 is 9.80 Å². The Morgan fingerprint density at radius 2 is 2.07 bits per heavy atom. The van der Waals surface area contributed by atoms with E-state index in [4.69, 9.17) is 5.26 Å². The molecule has 2 amide bonds. The van der Waals surface area contributed by atoms with Crippen LogP contribution >= 0.6 is 0 Å². The molecule has 0 bridgehead atoms. The number of piperazine rings is 1. The minimum atomic E-state index is -1.05. The smallest absolute Gasteiger partial charge is 0.243 e. The summed E-state index contributed by atoms with van der Waals surface area (Å²) in [6.07, 6.45) is 0. The van der Waals surface area contributed by atoms with Gasteiger partial charge >= 0.3 is 0 Å². The quantitative estimate of drug-likeness (QED) is 0.602. The number of nitrogens with zero attached hydrogens (tertiary/aromatic N) is 3. The molecule has 0 aliphatic carbocycles. The molecule has 0 saturated carbocycles. The highest BCUT2D eigenvalue weighted by molar-refractivity contribution is 5.89. The molecule has 1 saturated heterocycles. The third-order valence-corrected chi connectivity index (χ3v) is 2.56. The second-order valence-corrected chi connectivity index (χ2v) is 4.28. The predicted molar refractivity (Wildman–Crippen MR) is 53.6 cm³/mol. The van der Waals surface area contributed by atoms with Crippen LogP contribution in [0.3, 0.4) is 0 Å². The van der Waals surface area contributed by atoms with E-state index in [1.165, 1.54) is 4.90 Å². The average Bonchev–Trinajstić information content (AvgIpc) is 2.21. The zero-order chi connectivity index (χ0) is 11.6. The number of nitriles is 1. The number of amides is 2. The third-order valence-electron chi connectivity index (χ3n) is 2.56. The van der Waals surface area contributed by atoms with Crippen molar-refractivity contribution >= 4 is 11.8 Å². The van der Waals surface area contributed by atoms with Crippen LogP contribution in [-0.2, 0) is 9.59 Å². The van der Waals surface area contributed by atoms with E-state index in [-0.39, 0.29) is 18.4 Å². The van der Waals surface area contributed by atoms with E-state index in [9.17, 15) is 9.59 Å². The fourth-order valence-electron chi connectivity index (χ4n) is 1.37. The standard InChI is InChI=1S/C10H15N3O2/c1-10(2,7-11)9(15)13-5-4-12(3)8(14)6-13/h4-6H2,1-3H3. The number of hydrogen-bond acceptors (Lipinski definition) is 3. The van der Waals surface area contributed by atoms with E-state index in [0.29, 0.717) is 13.1 Å². The first-order valence-electron chi connectivity index (χ1n) is 4.83. The molecule has 0 N–H and O–H groups in total. The molecule has 0 atom stereocenters. The molecule has 0 aromatic heterocycles. The Morgan fingerprint density at radius 1 is 1.47 bits per heavy atom. The highest BCUT2D eigenvalue weighted by atomic mass is 16.2. The summed E-state index contributed by atoms with van der Waals surface area (Å²) in [4.78, 5) is 26.2. The second kappa shape index (κ2) is 3.89. The number of rotatable bonds is 1. The summed E-state index contributed by atoms with van der Waals surface area (Å²) in [6, 6.07) is 1.95. The fraction of sp³-hybridized carbons (Fsp3) is 0.700. The van der Waals surface area contributed by atoms with Crippen LogP contribution in [0.5, 0.6) is 0 Å². The summed E-state index contributed by atoms with van der Waals surface area (Å²) < 4.78 is 0. The van der Waals surface area contributed by atoms with Crippen LogP contribution in [0.15, 0.2) is 0 Å². The number of hydrogen-bond donors (Lipinski definition) is 0. The molecule has 5 heteroatoms. The highest BCUT2D eigenvalue weighted by Crippen LogP contribution is 2.18. The number of likely N-dealkylation sites (N-methyl/N-ethyl adjacent to an activating group) is 1. The summed E-state index contributed by atoms with van der Waals surface area (Å²) in [6.45, 7) is 4.26. The molecule has 1 aliphatic rings. The molecule has 0 aromatic rings. The Kier molecular flexibility index (Phi) is 2.98. The molecule has 1 rings (SSSR count). The van der Waals surface area contributed by atoms with Crippen molar-refractivity contribution in [1.82, 2.24) is 9.80 Å². The van der Waals surface area contributed by atoms with Crippen LogP contribution < -0.4 is 0 Å². The van der Waals surface area contributed by atoms with Gasteiger partial charge in [0.25, 0.3) is 0 Å². The topological polar surface area (TPSA) is 64.4 Å². The van der Waals surface area contributed by atoms with Crippen LogP contribution in [0, 0.1) is 16.7 Å². The van der Waals surface area contributed by atoms with Gasteiger partial charge in [-0.15, -0.1) is 0 Å². The Hall–Kier alpha value is -1.57. The lowest BCUT2D eigenvalue weighted by Crippen LogP contribution is -2.53. The van der Waals surface area contributed by atoms with Crippen LogP contribution in [0.4, 0.5) is 0 Å². The van der Waals surface area contributed by atoms with Gasteiger partial charge in [0.2, 0.25) is 11.8 Å². The van der Waals surface area contributed by atoms with Gasteiger partial charge in [-0.2, -0.15) is 5.26 Å². The number of carbonyl (C=O) groups is 2. The van der Waals surface area contributed by atoms with E-state index < -0.39 is 5.41 Å². The van der Waals surface area contributed by atoms with Gasteiger partial charge in [0.1, 0.15) is 5.41 Å². The molecule has 0 aromatic carbocycles. The molecule has 15 heavy (non-hydrogen) atoms. The largest absolute Gasteiger partial charge is 0.342 e. The van der Waals surface area contributed by atoms with E-state index in [2.05, 4.69) is 0 Å². The summed E-state index contributed by atoms with van der Waals surface area (Å²) in [7, 11) is 1.71. The molecule has 0 unspecified atom stereocenters. The van der Waals surface area contributed by atoms with Crippen molar-refractivity contribution in [3.8, 4) is 6.07 Å². The Morgan fingerprint density at radius 3 is 2.53 bits per heavy atom. The van der Waals surface area contributed by atoms with Crippen molar-refractivity contribution in [1.29, 1.82) is 5.26 Å². The summed E-state index contributed by atoms with van der Waals surface area (Å²) in [5, 5.41) is 8.82. The van der Waals surface area contributed by atoms with Gasteiger partial charge in [-0.05, 0) is 13.8 Å². The monoisotopic (exact) mass is 209 g/mol. The molecule has 82 valence electrons. The van der Waals surface area contributed by atoms with Crippen molar-refractivity contribution in [3.05, 3.63) is 0 Å². The maximum atomic E-state index is 11.8. The van der Waals surface area contributed by atoms with Gasteiger partial charge in [0, 0.05) is 20.1 Å². The zero-order valence-corrected chi connectivity index (χ0v) is 9.28. The van der Waals surface area contributed by atoms with Crippen molar-refractivity contribution in [3.63, 3.8) is 0 Å². The lowest BCUT2D eigenvalue weighted by atomic mass is 9.93. The fourth-order valence-corrected chi connectivity index (χ4v) is 1.37. The van der Waals surface area contributed by atoms with Gasteiger partial charge in [-0.25, -0.2) is 0 Å². The van der Waals surface area contributed by atoms with Crippen molar-refractivity contribution in [2.45, 2.75) is 13.8 Å². The first-order chi connectivity index (χ1) is 6.88. The highest BCUT2D eigenvalue weighted by Gasteiger charge is 2.35. The van der Waals surface area contributed by atoms with Crippen molar-refractivity contribution < 1.29 is 9.59 Å². The summed E-state index contributed by atoms with van der Waals surface area (Å²) in [5.74, 6) is -0.352. The van der Waals surface area contributed by atoms with E-state index >= 15 is 0 Å². The van der Waals surface area contributed by atoms with Crippen LogP contribution in [0.2, 0.25) is 0 Å². The summed E-state index contributed by atoms with van der Waals surface area (Å²) in [5.41, 5.74) is -1.05. The van der Waals surface area contributed by atoms with Gasteiger partial charge in [-0.3, -0.25) is 9.59 Å². The SMILES string of the molecule is CN1CCN(C(=O)C(C)(C)C#N)CC1=O. The minimum Gasteiger partial charge on any atom is -0.342 e. The van der Waals surface area contributed by atoms with E-state index in [0.717, 1.165) is 0 Å². The van der Waals surface area contributed by atoms with Gasteiger partial charge in [-0.1, -0.05) is 0 Å². The lowest BCUT2D eigenvalue weighted by Gasteiger charge is -2.34. The molecular formula is C10H15N3O2. The normalized spacial score (nSPS) is 17.6. The molecule has 1 heterocycles. The molecular weight excluding hydrogens is 194 g/mol. The zero-order valence-electron chi connectivity index (χ0n) is 9.28. The Labute approximate surface area is 89.3 Å². The Balaban J connectivity index is 2.72. The van der Waals surface area contributed by atoms with Crippen LogP contribution in [0.25, 0.3) is 0 Å². The molecule has 1 fully saturated rings. The molecule has 0 spiro atoms. The molecule has 5 nitrogen and oxygen atoms in total. The van der Waals surface area contributed by atoms with Crippen molar-refractivity contribution in [2.75, 3.05) is 26.7 Å². The maximum Gasteiger partial charge on any atom is 0.243 e. The van der Waals surface area contributed by atoms with Gasteiger partial charge in [0.05, 0.1) is 12.6 Å². The number of carbonyl (C=O) groups excluding carboxylic acids is 2. The molecule has 0 radical (unpaired) electrons. The van der Waals surface area contributed by atoms with Crippen molar-refractivity contribution in [2.24, 2.45) is 5.41 Å².